The zero-order chi connectivity index (χ0) is 30.8. The van der Waals surface area contributed by atoms with Gasteiger partial charge in [-0.2, -0.15) is 0 Å². The fraction of sp³-hybridized carbons (Fsp3) is 0.250. The summed E-state index contributed by atoms with van der Waals surface area (Å²) in [6, 6.07) is 46.1. The van der Waals surface area contributed by atoms with Gasteiger partial charge in [-0.25, -0.2) is 9.98 Å². The second kappa shape index (κ2) is 21.0. The van der Waals surface area contributed by atoms with Crippen molar-refractivity contribution in [1.29, 1.82) is 0 Å². The van der Waals surface area contributed by atoms with Gasteiger partial charge in [0.1, 0.15) is 12.4 Å². The van der Waals surface area contributed by atoms with E-state index in [4.69, 9.17) is 14.5 Å². The summed E-state index contributed by atoms with van der Waals surface area (Å²) in [6.45, 7) is 4.00. The molecule has 7 rings (SSSR count). The minimum atomic E-state index is 0. The van der Waals surface area contributed by atoms with E-state index >= 15 is 0 Å². The van der Waals surface area contributed by atoms with Crippen LogP contribution in [-0.2, 0) is 9.47 Å². The van der Waals surface area contributed by atoms with Gasteiger partial charge < -0.3 is 14.5 Å². The van der Waals surface area contributed by atoms with Crippen molar-refractivity contribution in [2.45, 2.75) is 37.8 Å². The molecule has 2 aliphatic rings. The zero-order valence-corrected chi connectivity index (χ0v) is 30.1. The Balaban J connectivity index is 0.000000371. The van der Waals surface area contributed by atoms with Crippen LogP contribution in [0.4, 0.5) is 0 Å². The third kappa shape index (κ3) is 12.0. The van der Waals surface area contributed by atoms with Crippen molar-refractivity contribution in [3.8, 4) is 0 Å². The minimum absolute atomic E-state index is 0. The van der Waals surface area contributed by atoms with Crippen LogP contribution in [-0.4, -0.2) is 38.9 Å². The molecule has 0 bridgehead atoms. The van der Waals surface area contributed by atoms with E-state index in [1.165, 1.54) is 47.9 Å². The second-order valence-corrected chi connectivity index (χ2v) is 11.1. The van der Waals surface area contributed by atoms with E-state index in [0.717, 1.165) is 37.8 Å². The number of rotatable bonds is 8. The van der Waals surface area contributed by atoms with Gasteiger partial charge in [0.15, 0.2) is 0 Å². The maximum absolute atomic E-state index is 4.94. The standard InChI is InChI=1S/C32H26N3.2C4H8O.K/c1-5-13-25(14-6-1)31(26-15-7-2-8-16-26)33-23-29-21-22-30(35-29)24-34-32(27-17-9-3-10-18-27)28-19-11-4-12-20-28;2*1-2-4-5-3-1;/h1-24,31-32H;2*1-4H2;/q-1;;;+1/p+2. The Morgan fingerprint density at radius 3 is 0.957 bits per heavy atom. The molecule has 5 aromatic rings. The van der Waals surface area contributed by atoms with Gasteiger partial charge in [-0.3, -0.25) is 0 Å². The predicted octanol–water partition coefficient (Wildman–Crippen LogP) is 1.82. The summed E-state index contributed by atoms with van der Waals surface area (Å²) in [4.78, 5) is 11.9. The molecule has 0 amide bonds. The van der Waals surface area contributed by atoms with Crippen molar-refractivity contribution in [3.05, 3.63) is 167 Å². The molecule has 1 aromatic heterocycles. The van der Waals surface area contributed by atoms with Gasteiger partial charge >= 0.3 is 51.4 Å². The van der Waals surface area contributed by atoms with Crippen molar-refractivity contribution in [2.75, 3.05) is 26.4 Å². The Bertz CT molecular complexity index is 1340. The van der Waals surface area contributed by atoms with Crippen LogP contribution in [0.5, 0.6) is 0 Å². The summed E-state index contributed by atoms with van der Waals surface area (Å²) in [7, 11) is 0. The van der Waals surface area contributed by atoms with E-state index in [-0.39, 0.29) is 63.5 Å². The number of nitrogens with one attached hydrogen (secondary N) is 2. The molecule has 0 saturated carbocycles. The molecular weight excluding hydrogens is 594 g/mol. The molecule has 2 fully saturated rings. The molecule has 4 aromatic carbocycles. The van der Waals surface area contributed by atoms with Crippen molar-refractivity contribution < 1.29 is 70.8 Å². The second-order valence-electron chi connectivity index (χ2n) is 11.1. The number of nitrogens with zero attached hydrogens (tertiary/aromatic N) is 1. The summed E-state index contributed by atoms with van der Waals surface area (Å²) < 4.78 is 9.89. The molecule has 0 radical (unpaired) electrons. The first kappa shape index (κ1) is 35.9. The van der Waals surface area contributed by atoms with Gasteiger partial charge in [-0.1, -0.05) is 145 Å². The summed E-state index contributed by atoms with van der Waals surface area (Å²) in [5.74, 6) is 0. The van der Waals surface area contributed by atoms with Gasteiger partial charge in [0.05, 0.1) is 0 Å². The van der Waals surface area contributed by atoms with Crippen molar-refractivity contribution in [1.82, 2.24) is 4.98 Å². The Kier molecular flexibility index (Phi) is 16.4. The van der Waals surface area contributed by atoms with Crippen LogP contribution in [0.15, 0.2) is 133 Å². The van der Waals surface area contributed by atoms with Crippen LogP contribution in [0.25, 0.3) is 0 Å². The topological polar surface area (TPSA) is 60.5 Å². The zero-order valence-electron chi connectivity index (χ0n) is 26.9. The van der Waals surface area contributed by atoms with Crippen LogP contribution in [0.2, 0.25) is 0 Å². The van der Waals surface area contributed by atoms with E-state index in [9.17, 15) is 0 Å². The molecule has 5 nitrogen and oxygen atoms in total. The average molecular weight is 638 g/mol. The van der Waals surface area contributed by atoms with Gasteiger partial charge in [-0.15, -0.1) is 0 Å². The SMILES string of the molecule is C(=[NH+]C(c1ccccc1)c1ccccc1)c1ccc(C=[NH+]C(c2ccccc2)c2ccccc2)[n-]1.C1CCOC1.C1CCOC1.[K+]. The van der Waals surface area contributed by atoms with Gasteiger partial charge in [0.25, 0.3) is 0 Å². The third-order valence-corrected chi connectivity index (χ3v) is 7.67. The molecule has 3 heterocycles. The maximum atomic E-state index is 4.94. The van der Waals surface area contributed by atoms with E-state index in [1.54, 1.807) is 0 Å². The molecule has 0 aliphatic carbocycles. The Hall–Kier alpha value is -2.94. The Morgan fingerprint density at radius 2 is 0.717 bits per heavy atom. The number of ether oxygens (including phenoxy) is 2. The molecule has 6 heteroatoms. The van der Waals surface area contributed by atoms with Crippen LogP contribution in [0.3, 0.4) is 0 Å². The van der Waals surface area contributed by atoms with Crippen LogP contribution >= 0.6 is 0 Å². The summed E-state index contributed by atoms with van der Waals surface area (Å²) >= 11 is 0. The molecule has 0 atom stereocenters. The fourth-order valence-electron chi connectivity index (χ4n) is 5.26. The first-order valence-corrected chi connectivity index (χ1v) is 16.0. The monoisotopic (exact) mass is 637 g/mol. The molecule has 46 heavy (non-hydrogen) atoms. The Morgan fingerprint density at radius 1 is 0.435 bits per heavy atom. The van der Waals surface area contributed by atoms with Crippen LogP contribution < -0.4 is 66.4 Å². The van der Waals surface area contributed by atoms with E-state index in [1.807, 2.05) is 48.8 Å². The molecule has 2 saturated heterocycles. The maximum Gasteiger partial charge on any atom is 1.00 e. The van der Waals surface area contributed by atoms with Gasteiger partial charge in [-0.05, 0) is 25.7 Å². The van der Waals surface area contributed by atoms with Crippen molar-refractivity contribution in [2.24, 2.45) is 0 Å². The summed E-state index contributed by atoms with van der Waals surface area (Å²) in [5.41, 5.74) is 6.64. The van der Waals surface area contributed by atoms with Crippen molar-refractivity contribution in [3.63, 3.8) is 0 Å². The minimum Gasteiger partial charge on any atom is -0.648 e. The first-order valence-electron chi connectivity index (χ1n) is 16.0. The van der Waals surface area contributed by atoms with Gasteiger partial charge in [0.2, 0.25) is 12.1 Å². The molecular formula is C40H44KN3O2+2. The normalized spacial score (nSPS) is 14.1. The molecule has 0 spiro atoms. The average Bonchev–Trinajstić information content (AvgIpc) is 3.94. The first-order chi connectivity index (χ1) is 22.4. The number of hydrogen-bond donors (Lipinski definition) is 2. The number of benzene rings is 4. The van der Waals surface area contributed by atoms with Crippen molar-refractivity contribution >= 4 is 12.4 Å². The van der Waals surface area contributed by atoms with E-state index in [2.05, 4.69) is 107 Å². The molecule has 0 unspecified atom stereocenters. The van der Waals surface area contributed by atoms with Gasteiger partial charge in [0, 0.05) is 48.7 Å². The summed E-state index contributed by atoms with van der Waals surface area (Å²) in [5, 5.41) is 0. The smallest absolute Gasteiger partial charge is 0.648 e. The summed E-state index contributed by atoms with van der Waals surface area (Å²) in [6.07, 6.45) is 9.10. The van der Waals surface area contributed by atoms with E-state index < -0.39 is 0 Å². The molecule has 2 aliphatic heterocycles. The third-order valence-electron chi connectivity index (χ3n) is 7.67. The molecule has 230 valence electrons. The molecule has 2 N–H and O–H groups in total. The number of hydrogen-bond acceptors (Lipinski definition) is 2. The Labute approximate surface area is 316 Å². The fourth-order valence-corrected chi connectivity index (χ4v) is 5.26. The number of aromatic nitrogens is 1. The van der Waals surface area contributed by atoms with E-state index in [0.29, 0.717) is 0 Å². The predicted molar refractivity (Wildman–Crippen MR) is 182 cm³/mol. The van der Waals surface area contributed by atoms with Crippen LogP contribution in [0, 0.1) is 0 Å². The van der Waals surface area contributed by atoms with Crippen LogP contribution in [0.1, 0.15) is 71.4 Å². The largest absolute Gasteiger partial charge is 1.00 e. The quantitative estimate of drug-likeness (QED) is 0.202.